The lowest BCUT2D eigenvalue weighted by Crippen LogP contribution is -2.08. The first-order valence-electron chi connectivity index (χ1n) is 5.21. The number of hydrogen-bond acceptors (Lipinski definition) is 3. The maximum Gasteiger partial charge on any atom is 0.249 e. The fraction of sp³-hybridized carbons (Fsp3) is 0.167. The Hall–Kier alpha value is -2.30. The molecular formula is C12H13N3O2. The summed E-state index contributed by atoms with van der Waals surface area (Å²) in [4.78, 5) is 11.6. The fourth-order valence-corrected chi connectivity index (χ4v) is 1.31. The van der Waals surface area contributed by atoms with Crippen LogP contribution in [0.5, 0.6) is 0 Å². The molecule has 2 aromatic rings. The monoisotopic (exact) mass is 231 g/mol. The Bertz CT molecular complexity index is 538. The van der Waals surface area contributed by atoms with Crippen molar-refractivity contribution in [3.05, 3.63) is 41.5 Å². The topological polar surface area (TPSA) is 70.9 Å². The molecule has 0 aromatic carbocycles. The van der Waals surface area contributed by atoms with E-state index >= 15 is 0 Å². The Morgan fingerprint density at radius 3 is 2.94 bits per heavy atom. The van der Waals surface area contributed by atoms with Crippen molar-refractivity contribution in [1.82, 2.24) is 10.2 Å². The summed E-state index contributed by atoms with van der Waals surface area (Å²) < 4.78 is 5.07. The predicted octanol–water partition coefficient (Wildman–Crippen LogP) is 2.27. The molecule has 0 fully saturated rings. The van der Waals surface area contributed by atoms with Crippen LogP contribution in [0.25, 0.3) is 6.08 Å². The molecule has 5 nitrogen and oxygen atoms in total. The van der Waals surface area contributed by atoms with E-state index in [1.807, 2.05) is 13.8 Å². The van der Waals surface area contributed by atoms with Crippen LogP contribution in [0.3, 0.4) is 0 Å². The average Bonchev–Trinajstić information content (AvgIpc) is 2.92. The normalized spacial score (nSPS) is 10.9. The number of carbonyl (C=O) groups excluding carboxylic acids is 1. The van der Waals surface area contributed by atoms with Gasteiger partial charge in [0.15, 0.2) is 5.82 Å². The summed E-state index contributed by atoms with van der Waals surface area (Å²) in [5.74, 6) is 0.947. The zero-order chi connectivity index (χ0) is 12.3. The average molecular weight is 231 g/mol. The van der Waals surface area contributed by atoms with Crippen LogP contribution in [0.1, 0.15) is 17.0 Å². The molecule has 0 aliphatic rings. The van der Waals surface area contributed by atoms with Gasteiger partial charge in [-0.1, -0.05) is 0 Å². The molecule has 17 heavy (non-hydrogen) atoms. The van der Waals surface area contributed by atoms with Crippen LogP contribution in [-0.4, -0.2) is 16.1 Å². The maximum atomic E-state index is 11.6. The van der Waals surface area contributed by atoms with Crippen molar-refractivity contribution in [2.75, 3.05) is 5.32 Å². The van der Waals surface area contributed by atoms with E-state index in [0.717, 1.165) is 11.3 Å². The zero-order valence-electron chi connectivity index (χ0n) is 9.65. The third-order valence-corrected chi connectivity index (χ3v) is 2.44. The first-order valence-corrected chi connectivity index (χ1v) is 5.21. The number of rotatable bonds is 3. The molecule has 0 saturated heterocycles. The van der Waals surface area contributed by atoms with Crippen molar-refractivity contribution in [1.29, 1.82) is 0 Å². The van der Waals surface area contributed by atoms with Crippen molar-refractivity contribution >= 4 is 17.8 Å². The second kappa shape index (κ2) is 4.69. The Kier molecular flexibility index (Phi) is 3.09. The Morgan fingerprint density at radius 2 is 2.35 bits per heavy atom. The van der Waals surface area contributed by atoms with Crippen LogP contribution >= 0.6 is 0 Å². The van der Waals surface area contributed by atoms with Crippen LogP contribution < -0.4 is 5.32 Å². The standard InChI is InChI=1S/C12H13N3O2/c1-8-9(2)14-15-12(8)13-11(16)6-5-10-4-3-7-17-10/h3-7H,1-2H3,(H2,13,14,15,16)/b6-5+. The minimum atomic E-state index is -0.240. The van der Waals surface area contributed by atoms with Crippen LogP contribution in [0.2, 0.25) is 0 Å². The Morgan fingerprint density at radius 1 is 1.53 bits per heavy atom. The molecule has 2 rings (SSSR count). The number of H-pyrrole nitrogens is 1. The number of amides is 1. The quantitative estimate of drug-likeness (QED) is 0.796. The number of furan rings is 1. The highest BCUT2D eigenvalue weighted by molar-refractivity contribution is 6.01. The van der Waals surface area contributed by atoms with Gasteiger partial charge in [0.2, 0.25) is 5.91 Å². The highest BCUT2D eigenvalue weighted by Gasteiger charge is 2.07. The lowest BCUT2D eigenvalue weighted by molar-refractivity contribution is -0.111. The molecule has 0 spiro atoms. The molecule has 0 aliphatic carbocycles. The first-order chi connectivity index (χ1) is 8.16. The fourth-order valence-electron chi connectivity index (χ4n) is 1.31. The van der Waals surface area contributed by atoms with E-state index in [4.69, 9.17) is 4.42 Å². The van der Waals surface area contributed by atoms with Crippen LogP contribution in [0, 0.1) is 13.8 Å². The van der Waals surface area contributed by atoms with Gasteiger partial charge in [-0.05, 0) is 32.1 Å². The lowest BCUT2D eigenvalue weighted by atomic mass is 10.3. The summed E-state index contributed by atoms with van der Waals surface area (Å²) in [7, 11) is 0. The third-order valence-electron chi connectivity index (χ3n) is 2.44. The molecule has 0 atom stereocenters. The van der Waals surface area contributed by atoms with E-state index in [0.29, 0.717) is 11.6 Å². The summed E-state index contributed by atoms with van der Waals surface area (Å²) in [6, 6.07) is 3.53. The van der Waals surface area contributed by atoms with Crippen LogP contribution in [-0.2, 0) is 4.79 Å². The van der Waals surface area contributed by atoms with Gasteiger partial charge in [0.1, 0.15) is 5.76 Å². The smallest absolute Gasteiger partial charge is 0.249 e. The second-order valence-electron chi connectivity index (χ2n) is 3.66. The number of nitrogens with one attached hydrogen (secondary N) is 2. The van der Waals surface area contributed by atoms with E-state index in [2.05, 4.69) is 15.5 Å². The van der Waals surface area contributed by atoms with Gasteiger partial charge in [-0.25, -0.2) is 0 Å². The van der Waals surface area contributed by atoms with Gasteiger partial charge in [0, 0.05) is 17.3 Å². The first kappa shape index (κ1) is 11.2. The van der Waals surface area contributed by atoms with Gasteiger partial charge in [-0.2, -0.15) is 5.10 Å². The maximum absolute atomic E-state index is 11.6. The summed E-state index contributed by atoms with van der Waals surface area (Å²) in [5, 5.41) is 9.47. The van der Waals surface area contributed by atoms with E-state index in [9.17, 15) is 4.79 Å². The molecule has 88 valence electrons. The largest absolute Gasteiger partial charge is 0.465 e. The van der Waals surface area contributed by atoms with Gasteiger partial charge in [-0.3, -0.25) is 9.89 Å². The summed E-state index contributed by atoms with van der Waals surface area (Å²) in [6.45, 7) is 3.79. The summed E-state index contributed by atoms with van der Waals surface area (Å²) in [5.41, 5.74) is 1.88. The van der Waals surface area contributed by atoms with Crippen molar-refractivity contribution in [3.63, 3.8) is 0 Å². The zero-order valence-corrected chi connectivity index (χ0v) is 9.65. The minimum absolute atomic E-state index is 0.240. The summed E-state index contributed by atoms with van der Waals surface area (Å²) in [6.07, 6.45) is 4.56. The van der Waals surface area contributed by atoms with E-state index in [-0.39, 0.29) is 5.91 Å². The molecule has 2 aromatic heterocycles. The summed E-state index contributed by atoms with van der Waals surface area (Å²) >= 11 is 0. The minimum Gasteiger partial charge on any atom is -0.465 e. The van der Waals surface area contributed by atoms with Crippen LogP contribution in [0.4, 0.5) is 5.82 Å². The lowest BCUT2D eigenvalue weighted by Gasteiger charge is -1.98. The van der Waals surface area contributed by atoms with Gasteiger partial charge in [0.25, 0.3) is 0 Å². The third kappa shape index (κ3) is 2.63. The molecule has 0 aliphatic heterocycles. The number of carbonyl (C=O) groups is 1. The van der Waals surface area contributed by atoms with E-state index in [1.165, 1.54) is 6.08 Å². The van der Waals surface area contributed by atoms with Crippen molar-refractivity contribution < 1.29 is 9.21 Å². The Labute approximate surface area is 98.5 Å². The molecular weight excluding hydrogens is 218 g/mol. The van der Waals surface area contributed by atoms with Crippen molar-refractivity contribution in [3.8, 4) is 0 Å². The van der Waals surface area contributed by atoms with Crippen molar-refractivity contribution in [2.45, 2.75) is 13.8 Å². The van der Waals surface area contributed by atoms with Crippen molar-refractivity contribution in [2.24, 2.45) is 0 Å². The number of anilines is 1. The highest BCUT2D eigenvalue weighted by Crippen LogP contribution is 2.13. The molecule has 2 N–H and O–H groups in total. The number of hydrogen-bond donors (Lipinski definition) is 2. The molecule has 0 unspecified atom stereocenters. The van der Waals surface area contributed by atoms with Gasteiger partial charge in [0.05, 0.1) is 6.26 Å². The second-order valence-corrected chi connectivity index (χ2v) is 3.66. The molecule has 0 radical (unpaired) electrons. The number of aryl methyl sites for hydroxylation is 1. The number of nitrogens with zero attached hydrogens (tertiary/aromatic N) is 1. The molecule has 1 amide bonds. The molecule has 2 heterocycles. The number of aromatic nitrogens is 2. The molecule has 5 heteroatoms. The predicted molar refractivity (Wildman–Crippen MR) is 64.4 cm³/mol. The Balaban J connectivity index is 2.00. The van der Waals surface area contributed by atoms with Gasteiger partial charge < -0.3 is 9.73 Å². The SMILES string of the molecule is Cc1[nH]nc(NC(=O)/C=C/c2ccco2)c1C. The van der Waals surface area contributed by atoms with E-state index in [1.54, 1.807) is 24.5 Å². The van der Waals surface area contributed by atoms with E-state index < -0.39 is 0 Å². The molecule has 0 saturated carbocycles. The highest BCUT2D eigenvalue weighted by atomic mass is 16.3. The van der Waals surface area contributed by atoms with Gasteiger partial charge >= 0.3 is 0 Å². The number of aromatic amines is 1. The van der Waals surface area contributed by atoms with Crippen LogP contribution in [0.15, 0.2) is 28.9 Å². The van der Waals surface area contributed by atoms with Gasteiger partial charge in [-0.15, -0.1) is 0 Å². The molecule has 0 bridgehead atoms.